The van der Waals surface area contributed by atoms with Crippen LogP contribution in [-0.4, -0.2) is 81.8 Å². The van der Waals surface area contributed by atoms with Gasteiger partial charge in [-0.1, -0.05) is 19.1 Å². The predicted octanol–water partition coefficient (Wildman–Crippen LogP) is 1.86. The molecule has 12 heteroatoms. The minimum Gasteiger partial charge on any atom is -0.507 e. The van der Waals surface area contributed by atoms with Gasteiger partial charge in [-0.15, -0.1) is 12.4 Å². The molecule has 0 aromatic heterocycles. The first kappa shape index (κ1) is 31.2. The Bertz CT molecular complexity index is 1360. The van der Waals surface area contributed by atoms with E-state index < -0.39 is 65.4 Å². The Morgan fingerprint density at radius 1 is 1.17 bits per heavy atom. The van der Waals surface area contributed by atoms with E-state index in [1.807, 2.05) is 6.92 Å². The first-order chi connectivity index (χ1) is 18.9. The second kappa shape index (κ2) is 11.5. The fourth-order valence-corrected chi connectivity index (χ4v) is 6.24. The molecule has 41 heavy (non-hydrogen) atoms. The average Bonchev–Trinajstić information content (AvgIpc) is 2.91. The van der Waals surface area contributed by atoms with Crippen LogP contribution in [0.2, 0.25) is 0 Å². The number of aliphatic hydroxyl groups is 2. The summed E-state index contributed by atoms with van der Waals surface area (Å²) in [7, 11) is 1.37. The number of hydrogen-bond acceptors (Lipinski definition) is 11. The lowest BCUT2D eigenvalue weighted by Crippen LogP contribution is -2.55. The second-order valence-electron chi connectivity index (χ2n) is 10.9. The molecule has 5 rings (SSSR count). The highest BCUT2D eigenvalue weighted by Crippen LogP contribution is 2.52. The van der Waals surface area contributed by atoms with E-state index in [4.69, 9.17) is 19.9 Å². The van der Waals surface area contributed by atoms with Crippen LogP contribution in [-0.2, 0) is 15.9 Å². The largest absolute Gasteiger partial charge is 0.507 e. The minimum absolute atomic E-state index is 0. The highest BCUT2D eigenvalue weighted by Gasteiger charge is 2.49. The molecule has 7 unspecified atom stereocenters. The number of benzene rings is 2. The number of hydrogen-bond donors (Lipinski definition) is 6. The number of nitrogens with one attached hydrogen (secondary N) is 1. The van der Waals surface area contributed by atoms with Crippen molar-refractivity contribution in [3.05, 3.63) is 51.6 Å². The first-order valence-corrected chi connectivity index (χ1v) is 13.5. The van der Waals surface area contributed by atoms with Gasteiger partial charge in [0.05, 0.1) is 47.7 Å². The molecule has 0 saturated carbocycles. The predicted molar refractivity (Wildman–Crippen MR) is 150 cm³/mol. The van der Waals surface area contributed by atoms with Crippen LogP contribution in [0.1, 0.15) is 82.7 Å². The van der Waals surface area contributed by atoms with Crippen molar-refractivity contribution in [2.24, 2.45) is 5.73 Å². The SMILES string of the molecule is CCNC(C)C1(O)Cc2c(O)c3c(c(O)c2C(OC2CC(N)C(O)C(C)O2)C1)C(=O)c1c(OC)cccc1C3=O.Cl. The molecule has 1 saturated heterocycles. The van der Waals surface area contributed by atoms with E-state index in [9.17, 15) is 30.0 Å². The fourth-order valence-electron chi connectivity index (χ4n) is 6.24. The number of halogens is 1. The number of likely N-dealkylation sites (N-methyl/N-ethyl adjacent to an activating group) is 1. The summed E-state index contributed by atoms with van der Waals surface area (Å²) in [5.74, 6) is -2.15. The van der Waals surface area contributed by atoms with Crippen molar-refractivity contribution in [3.8, 4) is 17.2 Å². The zero-order valence-corrected chi connectivity index (χ0v) is 24.2. The van der Waals surface area contributed by atoms with E-state index in [2.05, 4.69) is 5.32 Å². The number of aromatic hydroxyl groups is 2. The van der Waals surface area contributed by atoms with Crippen molar-refractivity contribution in [2.45, 2.75) is 82.3 Å². The number of phenolic OH excluding ortho intramolecular Hbond substituents is 2. The summed E-state index contributed by atoms with van der Waals surface area (Å²) < 4.78 is 17.4. The number of carbonyl (C=O) groups is 2. The molecule has 224 valence electrons. The molecular weight excluding hydrogens is 556 g/mol. The van der Waals surface area contributed by atoms with Gasteiger partial charge >= 0.3 is 0 Å². The van der Waals surface area contributed by atoms with Gasteiger partial charge in [0, 0.05) is 48.0 Å². The summed E-state index contributed by atoms with van der Waals surface area (Å²) in [6.45, 7) is 5.91. The van der Waals surface area contributed by atoms with Crippen LogP contribution >= 0.6 is 12.4 Å². The van der Waals surface area contributed by atoms with Gasteiger partial charge in [0.1, 0.15) is 17.2 Å². The van der Waals surface area contributed by atoms with Crippen molar-refractivity contribution in [1.29, 1.82) is 0 Å². The number of methoxy groups -OCH3 is 1. The van der Waals surface area contributed by atoms with E-state index in [0.29, 0.717) is 6.54 Å². The number of carbonyl (C=O) groups excluding carboxylic acids is 2. The van der Waals surface area contributed by atoms with Crippen molar-refractivity contribution in [2.75, 3.05) is 13.7 Å². The summed E-state index contributed by atoms with van der Waals surface area (Å²) in [6.07, 6.45) is -3.48. The molecule has 7 N–H and O–H groups in total. The molecular formula is C29H37ClN2O9. The summed E-state index contributed by atoms with van der Waals surface area (Å²) in [4.78, 5) is 27.4. The van der Waals surface area contributed by atoms with Crippen LogP contribution in [0.3, 0.4) is 0 Å². The Balaban J connectivity index is 0.00000387. The van der Waals surface area contributed by atoms with Crippen molar-refractivity contribution in [1.82, 2.24) is 5.32 Å². The van der Waals surface area contributed by atoms with Crippen LogP contribution in [0.4, 0.5) is 0 Å². The van der Waals surface area contributed by atoms with Gasteiger partial charge in [0.2, 0.25) is 5.78 Å². The molecule has 0 radical (unpaired) electrons. The Morgan fingerprint density at radius 2 is 1.85 bits per heavy atom. The van der Waals surface area contributed by atoms with E-state index >= 15 is 0 Å². The molecule has 2 aromatic carbocycles. The van der Waals surface area contributed by atoms with E-state index in [0.717, 1.165) is 0 Å². The number of fused-ring (bicyclic) bond motifs is 3. The lowest BCUT2D eigenvalue weighted by Gasteiger charge is -2.45. The topological polar surface area (TPSA) is 181 Å². The van der Waals surface area contributed by atoms with Gasteiger partial charge in [-0.2, -0.15) is 0 Å². The molecule has 2 aliphatic carbocycles. The van der Waals surface area contributed by atoms with E-state index in [1.54, 1.807) is 19.9 Å². The lowest BCUT2D eigenvalue weighted by molar-refractivity contribution is -0.248. The van der Waals surface area contributed by atoms with Gasteiger partial charge in [-0.3, -0.25) is 9.59 Å². The normalized spacial score (nSPS) is 29.6. The first-order valence-electron chi connectivity index (χ1n) is 13.5. The standard InChI is InChI=1S/C29H36N2O9.ClH/c1-5-31-13(3)29(37)10-15-21(18(11-29)40-19-9-16(30)24(32)12(2)39-19)28(36)23-22(26(15)34)25(33)14-7-6-8-17(38-4)20(14)27(23)35;/h6-8,12-13,16,18-19,24,31-32,34,36-37H,5,9-11,30H2,1-4H3;1H. The van der Waals surface area contributed by atoms with Gasteiger partial charge in [0.15, 0.2) is 12.1 Å². The third-order valence-corrected chi connectivity index (χ3v) is 8.49. The van der Waals surface area contributed by atoms with Crippen molar-refractivity contribution >= 4 is 24.0 Å². The maximum absolute atomic E-state index is 13.8. The quantitative estimate of drug-likeness (QED) is 0.230. The Kier molecular flexibility index (Phi) is 8.73. The molecule has 2 aromatic rings. The Morgan fingerprint density at radius 3 is 2.49 bits per heavy atom. The Labute approximate surface area is 244 Å². The fraction of sp³-hybridized carbons (Fsp3) is 0.517. The Hall–Kier alpha value is -2.77. The van der Waals surface area contributed by atoms with Gasteiger partial charge in [-0.25, -0.2) is 0 Å². The molecule has 0 amide bonds. The van der Waals surface area contributed by atoms with Gasteiger partial charge < -0.3 is 45.7 Å². The van der Waals surface area contributed by atoms with Crippen LogP contribution < -0.4 is 15.8 Å². The zero-order valence-electron chi connectivity index (χ0n) is 23.3. The average molecular weight is 593 g/mol. The summed E-state index contributed by atoms with van der Waals surface area (Å²) >= 11 is 0. The van der Waals surface area contributed by atoms with Crippen LogP contribution in [0.15, 0.2) is 18.2 Å². The molecule has 3 aliphatic rings. The number of phenols is 2. The summed E-state index contributed by atoms with van der Waals surface area (Å²) in [5, 5.41) is 48.4. The molecule has 0 bridgehead atoms. The maximum atomic E-state index is 13.8. The molecule has 1 heterocycles. The lowest BCUT2D eigenvalue weighted by atomic mass is 9.71. The van der Waals surface area contributed by atoms with Crippen LogP contribution in [0.5, 0.6) is 17.2 Å². The van der Waals surface area contributed by atoms with Crippen molar-refractivity contribution in [3.63, 3.8) is 0 Å². The van der Waals surface area contributed by atoms with Crippen LogP contribution in [0, 0.1) is 0 Å². The zero-order chi connectivity index (χ0) is 29.1. The van der Waals surface area contributed by atoms with E-state index in [-0.39, 0.29) is 70.8 Å². The van der Waals surface area contributed by atoms with Crippen LogP contribution in [0.25, 0.3) is 0 Å². The van der Waals surface area contributed by atoms with Crippen molar-refractivity contribution < 1.29 is 44.2 Å². The molecule has 1 aliphatic heterocycles. The smallest absolute Gasteiger partial charge is 0.202 e. The summed E-state index contributed by atoms with van der Waals surface area (Å²) in [5.41, 5.74) is 4.21. The minimum atomic E-state index is -1.46. The van der Waals surface area contributed by atoms with E-state index in [1.165, 1.54) is 19.2 Å². The third-order valence-electron chi connectivity index (χ3n) is 8.49. The highest BCUT2D eigenvalue weighted by molar-refractivity contribution is 6.31. The number of aliphatic hydroxyl groups excluding tert-OH is 1. The molecule has 7 atom stereocenters. The number of ketones is 2. The molecule has 11 nitrogen and oxygen atoms in total. The number of nitrogens with two attached hydrogens (primary N) is 1. The monoisotopic (exact) mass is 592 g/mol. The third kappa shape index (κ3) is 4.99. The second-order valence-corrected chi connectivity index (χ2v) is 10.9. The van der Waals surface area contributed by atoms with Gasteiger partial charge in [0.25, 0.3) is 0 Å². The maximum Gasteiger partial charge on any atom is 0.202 e. The highest BCUT2D eigenvalue weighted by atomic mass is 35.5. The molecule has 0 spiro atoms. The summed E-state index contributed by atoms with van der Waals surface area (Å²) in [6, 6.07) is 3.47. The molecule has 1 fully saturated rings. The van der Waals surface area contributed by atoms with Gasteiger partial charge in [-0.05, 0) is 26.5 Å². The number of ether oxygens (including phenoxy) is 3. The number of rotatable bonds is 6.